The van der Waals surface area contributed by atoms with Gasteiger partial charge in [-0.2, -0.15) is 5.26 Å². The van der Waals surface area contributed by atoms with Crippen molar-refractivity contribution in [1.29, 1.82) is 5.26 Å². The molecule has 0 fully saturated rings. The number of methoxy groups -OCH3 is 2. The highest BCUT2D eigenvalue weighted by Crippen LogP contribution is 2.45. The van der Waals surface area contributed by atoms with E-state index in [0.717, 1.165) is 0 Å². The fourth-order valence-electron chi connectivity index (χ4n) is 4.22. The molecule has 0 aliphatic carbocycles. The van der Waals surface area contributed by atoms with E-state index in [-0.39, 0.29) is 34.3 Å². The zero-order chi connectivity index (χ0) is 26.2. The predicted molar refractivity (Wildman–Crippen MR) is 129 cm³/mol. The third kappa shape index (κ3) is 3.90. The van der Waals surface area contributed by atoms with Crippen molar-refractivity contribution in [2.24, 2.45) is 5.73 Å². The SMILES string of the molecule is COC(=O)C1=C(C(=O)OC)N(c2ccc3c(c2)NC(=O)C(C)(C)O3)C(N)=C(C#N)C1c1ccccc1. The number of anilines is 2. The number of nitriles is 1. The summed E-state index contributed by atoms with van der Waals surface area (Å²) in [5.74, 6) is -2.71. The molecule has 10 nitrogen and oxygen atoms in total. The summed E-state index contributed by atoms with van der Waals surface area (Å²) in [6.07, 6.45) is 0. The van der Waals surface area contributed by atoms with Crippen molar-refractivity contribution in [2.75, 3.05) is 24.4 Å². The molecule has 1 amide bonds. The van der Waals surface area contributed by atoms with Gasteiger partial charge in [-0.3, -0.25) is 9.69 Å². The summed E-state index contributed by atoms with van der Waals surface area (Å²) in [4.78, 5) is 40.0. The van der Waals surface area contributed by atoms with Crippen molar-refractivity contribution in [3.8, 4) is 11.8 Å². The van der Waals surface area contributed by atoms with E-state index in [4.69, 9.17) is 19.9 Å². The molecule has 2 aliphatic rings. The molecule has 36 heavy (non-hydrogen) atoms. The number of amides is 1. The second-order valence-corrected chi connectivity index (χ2v) is 8.58. The number of allylic oxidation sites excluding steroid dienone is 1. The maximum atomic E-state index is 13.1. The van der Waals surface area contributed by atoms with Gasteiger partial charge in [0, 0.05) is 0 Å². The van der Waals surface area contributed by atoms with E-state index in [1.807, 2.05) is 0 Å². The number of benzene rings is 2. The summed E-state index contributed by atoms with van der Waals surface area (Å²) in [6, 6.07) is 15.5. The van der Waals surface area contributed by atoms with Crippen LogP contribution in [0.2, 0.25) is 0 Å². The summed E-state index contributed by atoms with van der Waals surface area (Å²) in [5, 5.41) is 12.9. The summed E-state index contributed by atoms with van der Waals surface area (Å²) < 4.78 is 15.8. The molecule has 2 aromatic rings. The van der Waals surface area contributed by atoms with E-state index in [9.17, 15) is 19.6 Å². The number of rotatable bonds is 4. The average molecular weight is 489 g/mol. The molecule has 0 bridgehead atoms. The fraction of sp³-hybridized carbons (Fsp3) is 0.231. The maximum Gasteiger partial charge on any atom is 0.355 e. The minimum Gasteiger partial charge on any atom is -0.476 e. The van der Waals surface area contributed by atoms with Crippen LogP contribution in [-0.2, 0) is 23.9 Å². The highest BCUT2D eigenvalue weighted by atomic mass is 16.5. The largest absolute Gasteiger partial charge is 0.476 e. The number of fused-ring (bicyclic) bond motifs is 1. The molecule has 4 rings (SSSR count). The molecule has 0 aromatic heterocycles. The molecule has 3 N–H and O–H groups in total. The Labute approximate surface area is 207 Å². The molecule has 2 heterocycles. The van der Waals surface area contributed by atoms with Crippen LogP contribution in [0.3, 0.4) is 0 Å². The lowest BCUT2D eigenvalue weighted by Crippen LogP contribution is -2.45. The summed E-state index contributed by atoms with van der Waals surface area (Å²) >= 11 is 0. The van der Waals surface area contributed by atoms with Gasteiger partial charge in [0.1, 0.15) is 17.3 Å². The van der Waals surface area contributed by atoms with Crippen LogP contribution >= 0.6 is 0 Å². The van der Waals surface area contributed by atoms with Gasteiger partial charge in [0.25, 0.3) is 5.91 Å². The van der Waals surface area contributed by atoms with Crippen molar-refractivity contribution >= 4 is 29.2 Å². The molecule has 184 valence electrons. The zero-order valence-electron chi connectivity index (χ0n) is 20.1. The van der Waals surface area contributed by atoms with Crippen LogP contribution in [0.25, 0.3) is 0 Å². The second-order valence-electron chi connectivity index (χ2n) is 8.58. The Bertz CT molecular complexity index is 1370. The Morgan fingerprint density at radius 3 is 2.39 bits per heavy atom. The molecule has 0 saturated carbocycles. The lowest BCUT2D eigenvalue weighted by molar-refractivity contribution is -0.139. The number of ether oxygens (including phenoxy) is 3. The molecular weight excluding hydrogens is 464 g/mol. The average Bonchev–Trinajstić information content (AvgIpc) is 2.87. The Morgan fingerprint density at radius 2 is 1.78 bits per heavy atom. The molecule has 10 heteroatoms. The van der Waals surface area contributed by atoms with Gasteiger partial charge in [-0.05, 0) is 37.6 Å². The third-order valence-electron chi connectivity index (χ3n) is 5.99. The monoisotopic (exact) mass is 488 g/mol. The minimum atomic E-state index is -1.08. The molecule has 2 aliphatic heterocycles. The molecule has 0 spiro atoms. The number of hydrogen-bond acceptors (Lipinski definition) is 9. The summed E-state index contributed by atoms with van der Waals surface area (Å²) in [5.41, 5.74) is 6.31. The van der Waals surface area contributed by atoms with Gasteiger partial charge in [-0.1, -0.05) is 30.3 Å². The number of nitrogens with one attached hydrogen (secondary N) is 1. The van der Waals surface area contributed by atoms with Crippen molar-refractivity contribution in [1.82, 2.24) is 0 Å². The predicted octanol–water partition coefficient (Wildman–Crippen LogP) is 2.69. The number of nitrogens with two attached hydrogens (primary N) is 1. The standard InChI is InChI=1S/C26H24N4O6/c1-26(2)25(33)29-17-12-15(10-11-18(17)36-26)30-21(24(32)35-4)20(23(31)34-3)19(16(13-27)22(30)28)14-8-6-5-7-9-14/h5-12,19H,28H2,1-4H3,(H,29,33). The number of nitrogens with zero attached hydrogens (tertiary/aromatic N) is 2. The first-order valence-electron chi connectivity index (χ1n) is 10.9. The van der Waals surface area contributed by atoms with Crippen LogP contribution in [0.4, 0.5) is 11.4 Å². The van der Waals surface area contributed by atoms with E-state index in [1.165, 1.54) is 25.2 Å². The van der Waals surface area contributed by atoms with Gasteiger partial charge in [0.05, 0.1) is 48.7 Å². The van der Waals surface area contributed by atoms with E-state index < -0.39 is 23.5 Å². The first kappa shape index (κ1) is 24.3. The summed E-state index contributed by atoms with van der Waals surface area (Å²) in [6.45, 7) is 3.27. The zero-order valence-corrected chi connectivity index (χ0v) is 20.1. The van der Waals surface area contributed by atoms with Gasteiger partial charge in [-0.15, -0.1) is 0 Å². The normalized spacial score (nSPS) is 18.5. The molecule has 2 aromatic carbocycles. The first-order chi connectivity index (χ1) is 17.1. The Hall–Kier alpha value is -4.78. The smallest absolute Gasteiger partial charge is 0.355 e. The van der Waals surface area contributed by atoms with Crippen molar-refractivity contribution < 1.29 is 28.6 Å². The van der Waals surface area contributed by atoms with Crippen LogP contribution < -0.4 is 20.7 Å². The van der Waals surface area contributed by atoms with Gasteiger partial charge in [0.2, 0.25) is 0 Å². The quantitative estimate of drug-likeness (QED) is 0.621. The van der Waals surface area contributed by atoms with Crippen molar-refractivity contribution in [3.05, 3.63) is 76.8 Å². The third-order valence-corrected chi connectivity index (χ3v) is 5.99. The van der Waals surface area contributed by atoms with Crippen molar-refractivity contribution in [3.63, 3.8) is 0 Å². The van der Waals surface area contributed by atoms with E-state index in [0.29, 0.717) is 17.0 Å². The van der Waals surface area contributed by atoms with E-state index >= 15 is 0 Å². The summed E-state index contributed by atoms with van der Waals surface area (Å²) in [7, 11) is 2.35. The molecular formula is C26H24N4O6. The maximum absolute atomic E-state index is 13.1. The van der Waals surface area contributed by atoms with Crippen LogP contribution in [0, 0.1) is 11.3 Å². The van der Waals surface area contributed by atoms with Crippen LogP contribution in [0.15, 0.2) is 71.2 Å². The Kier molecular flexibility index (Phi) is 6.16. The number of carbonyl (C=O) groups excluding carboxylic acids is 3. The number of carbonyl (C=O) groups is 3. The van der Waals surface area contributed by atoms with Crippen LogP contribution in [0.5, 0.6) is 5.75 Å². The van der Waals surface area contributed by atoms with Gasteiger partial charge in [-0.25, -0.2) is 9.59 Å². The Balaban J connectivity index is 1.99. The number of esters is 2. The van der Waals surface area contributed by atoms with Crippen LogP contribution in [0.1, 0.15) is 25.3 Å². The molecule has 1 atom stereocenters. The molecule has 1 unspecified atom stereocenters. The highest BCUT2D eigenvalue weighted by Gasteiger charge is 2.43. The highest BCUT2D eigenvalue weighted by molar-refractivity contribution is 6.07. The Morgan fingerprint density at radius 1 is 1.11 bits per heavy atom. The van der Waals surface area contributed by atoms with Crippen LogP contribution in [-0.4, -0.2) is 37.7 Å². The lowest BCUT2D eigenvalue weighted by Gasteiger charge is -2.37. The minimum absolute atomic E-state index is 0.0355. The first-order valence-corrected chi connectivity index (χ1v) is 10.9. The topological polar surface area (TPSA) is 144 Å². The van der Waals surface area contributed by atoms with Gasteiger partial charge >= 0.3 is 11.9 Å². The van der Waals surface area contributed by atoms with E-state index in [1.54, 1.807) is 56.3 Å². The molecule has 0 saturated heterocycles. The number of hydrogen-bond donors (Lipinski definition) is 2. The second kappa shape index (κ2) is 9.11. The molecule has 0 radical (unpaired) electrons. The fourth-order valence-corrected chi connectivity index (χ4v) is 4.22. The van der Waals surface area contributed by atoms with Gasteiger partial charge < -0.3 is 25.3 Å². The lowest BCUT2D eigenvalue weighted by atomic mass is 9.81. The van der Waals surface area contributed by atoms with E-state index in [2.05, 4.69) is 11.4 Å². The van der Waals surface area contributed by atoms with Crippen molar-refractivity contribution in [2.45, 2.75) is 25.4 Å². The van der Waals surface area contributed by atoms with Gasteiger partial charge in [0.15, 0.2) is 5.60 Å².